The molecular weight excluding hydrogens is 429 g/mol. The molecule has 0 N–H and O–H groups in total. The lowest BCUT2D eigenvalue weighted by Gasteiger charge is -2.34. The van der Waals surface area contributed by atoms with E-state index in [4.69, 9.17) is 4.98 Å². The van der Waals surface area contributed by atoms with Gasteiger partial charge in [-0.3, -0.25) is 19.4 Å². The van der Waals surface area contributed by atoms with Crippen molar-refractivity contribution in [3.05, 3.63) is 72.8 Å². The molecule has 1 amide bonds. The van der Waals surface area contributed by atoms with Crippen molar-refractivity contribution in [1.29, 1.82) is 0 Å². The molecule has 0 radical (unpaired) electrons. The van der Waals surface area contributed by atoms with E-state index in [0.717, 1.165) is 54.9 Å². The summed E-state index contributed by atoms with van der Waals surface area (Å²) in [5.74, 6) is 0.0296. The summed E-state index contributed by atoms with van der Waals surface area (Å²) in [7, 11) is 1.91. The number of hydrogen-bond donors (Lipinski definition) is 0. The van der Waals surface area contributed by atoms with Crippen molar-refractivity contribution in [2.45, 2.75) is 44.3 Å². The van der Waals surface area contributed by atoms with Crippen LogP contribution in [0.2, 0.25) is 0 Å². The minimum absolute atomic E-state index is 0.0117. The molecule has 3 aromatic rings. The van der Waals surface area contributed by atoms with Crippen molar-refractivity contribution in [3.63, 3.8) is 0 Å². The fraction of sp³-hybridized carbons (Fsp3) is 0.370. The molecule has 2 aliphatic heterocycles. The third kappa shape index (κ3) is 4.16. The third-order valence-electron chi connectivity index (χ3n) is 7.19. The van der Waals surface area contributed by atoms with E-state index in [0.29, 0.717) is 6.04 Å². The average molecular weight is 460 g/mol. The first-order valence-corrected chi connectivity index (χ1v) is 11.9. The van der Waals surface area contributed by atoms with E-state index in [2.05, 4.69) is 29.6 Å². The van der Waals surface area contributed by atoms with Gasteiger partial charge in [-0.2, -0.15) is 5.10 Å². The maximum atomic E-state index is 13.5. The van der Waals surface area contributed by atoms with E-state index in [1.54, 1.807) is 16.8 Å². The predicted octanol–water partition coefficient (Wildman–Crippen LogP) is 4.60. The predicted molar refractivity (Wildman–Crippen MR) is 130 cm³/mol. The monoisotopic (exact) mass is 459 g/mol. The standard InChI is InChI=1S/C27H30FN5O/c1-4-27(34)32-12-5-6-26(32)33-17-20(14-18(33)2)23-16-29-25(19-7-9-21(28)10-8-19)15-22(23)24-11-13-31(3)30-24/h4,7-11,13,15-16,18,20,26H,1,5-6,12,14,17H2,2-3H3. The van der Waals surface area contributed by atoms with Crippen LogP contribution in [0.4, 0.5) is 4.39 Å². The van der Waals surface area contributed by atoms with Crippen molar-refractivity contribution in [2.24, 2.45) is 7.05 Å². The molecule has 0 spiro atoms. The summed E-state index contributed by atoms with van der Waals surface area (Å²) in [5, 5.41) is 4.68. The summed E-state index contributed by atoms with van der Waals surface area (Å²) in [5.41, 5.74) is 4.79. The molecule has 0 aliphatic carbocycles. The highest BCUT2D eigenvalue weighted by Crippen LogP contribution is 2.40. The second kappa shape index (κ2) is 9.14. The minimum atomic E-state index is -0.263. The number of carbonyl (C=O) groups is 1. The highest BCUT2D eigenvalue weighted by atomic mass is 19.1. The van der Waals surface area contributed by atoms with E-state index >= 15 is 0 Å². The van der Waals surface area contributed by atoms with Crippen LogP contribution in [0.5, 0.6) is 0 Å². The van der Waals surface area contributed by atoms with E-state index in [1.165, 1.54) is 23.8 Å². The van der Waals surface area contributed by atoms with Crippen LogP contribution in [0.3, 0.4) is 0 Å². The fourth-order valence-electron chi connectivity index (χ4n) is 5.52. The Balaban J connectivity index is 1.49. The Labute approximate surface area is 199 Å². The van der Waals surface area contributed by atoms with Crippen LogP contribution in [0.15, 0.2) is 61.4 Å². The van der Waals surface area contributed by atoms with Crippen LogP contribution >= 0.6 is 0 Å². The first-order chi connectivity index (χ1) is 16.4. The lowest BCUT2D eigenvalue weighted by Crippen LogP contribution is -2.48. The zero-order valence-corrected chi connectivity index (χ0v) is 19.7. The lowest BCUT2D eigenvalue weighted by molar-refractivity contribution is -0.130. The molecule has 34 heavy (non-hydrogen) atoms. The van der Waals surface area contributed by atoms with Crippen LogP contribution in [0.25, 0.3) is 22.5 Å². The average Bonchev–Trinajstić information content (AvgIpc) is 3.58. The van der Waals surface area contributed by atoms with Gasteiger partial charge in [-0.15, -0.1) is 0 Å². The van der Waals surface area contributed by atoms with E-state index in [1.807, 2.05) is 30.4 Å². The highest BCUT2D eigenvalue weighted by Gasteiger charge is 2.40. The first kappa shape index (κ1) is 22.5. The van der Waals surface area contributed by atoms with Crippen molar-refractivity contribution < 1.29 is 9.18 Å². The molecule has 2 saturated heterocycles. The van der Waals surface area contributed by atoms with Gasteiger partial charge < -0.3 is 4.90 Å². The number of aromatic nitrogens is 3. The van der Waals surface area contributed by atoms with Gasteiger partial charge in [0.25, 0.3) is 0 Å². The summed E-state index contributed by atoms with van der Waals surface area (Å²) in [6.45, 7) is 7.58. The van der Waals surface area contributed by atoms with Crippen LogP contribution in [0.1, 0.15) is 37.7 Å². The molecule has 176 valence electrons. The quantitative estimate of drug-likeness (QED) is 0.524. The number of nitrogens with zero attached hydrogens (tertiary/aromatic N) is 5. The Morgan fingerprint density at radius 2 is 2.00 bits per heavy atom. The summed E-state index contributed by atoms with van der Waals surface area (Å²) >= 11 is 0. The van der Waals surface area contributed by atoms with Gasteiger partial charge in [0.05, 0.1) is 17.6 Å². The SMILES string of the molecule is C=CC(=O)N1CCCC1N1CC(c2cnc(-c3ccc(F)cc3)cc2-c2ccn(C)n2)CC1C. The number of aryl methyl sites for hydroxylation is 1. The van der Waals surface area contributed by atoms with Gasteiger partial charge in [-0.25, -0.2) is 4.39 Å². The van der Waals surface area contributed by atoms with Crippen molar-refractivity contribution >= 4 is 5.91 Å². The Bertz CT molecular complexity index is 1200. The summed E-state index contributed by atoms with van der Waals surface area (Å²) in [4.78, 5) is 21.6. The zero-order valence-electron chi connectivity index (χ0n) is 19.7. The second-order valence-electron chi connectivity index (χ2n) is 9.38. The number of amides is 1. The molecule has 3 unspecified atom stereocenters. The van der Waals surface area contributed by atoms with E-state index in [9.17, 15) is 9.18 Å². The van der Waals surface area contributed by atoms with E-state index in [-0.39, 0.29) is 23.8 Å². The van der Waals surface area contributed by atoms with Crippen LogP contribution in [-0.2, 0) is 11.8 Å². The van der Waals surface area contributed by atoms with Gasteiger partial charge in [-0.1, -0.05) is 6.58 Å². The molecule has 0 bridgehead atoms. The number of benzene rings is 1. The molecule has 1 aromatic carbocycles. The van der Waals surface area contributed by atoms with Crippen LogP contribution in [0, 0.1) is 5.82 Å². The number of carbonyl (C=O) groups excluding carboxylic acids is 1. The minimum Gasteiger partial charge on any atom is -0.323 e. The van der Waals surface area contributed by atoms with Crippen molar-refractivity contribution in [3.8, 4) is 22.5 Å². The molecule has 0 saturated carbocycles. The molecule has 7 heteroatoms. The number of hydrogen-bond acceptors (Lipinski definition) is 4. The Hall–Kier alpha value is -3.32. The topological polar surface area (TPSA) is 54.3 Å². The van der Waals surface area contributed by atoms with E-state index < -0.39 is 0 Å². The lowest BCUT2D eigenvalue weighted by atomic mass is 9.91. The normalized spacial score (nSPS) is 22.9. The zero-order chi connectivity index (χ0) is 23.8. The Kier molecular flexibility index (Phi) is 6.04. The molecular formula is C27H30FN5O. The number of pyridine rings is 1. The fourth-order valence-corrected chi connectivity index (χ4v) is 5.52. The van der Waals surface area contributed by atoms with Gasteiger partial charge in [0, 0.05) is 55.6 Å². The van der Waals surface area contributed by atoms with Crippen LogP contribution < -0.4 is 0 Å². The smallest absolute Gasteiger partial charge is 0.247 e. The molecule has 3 atom stereocenters. The molecule has 5 rings (SSSR count). The van der Waals surface area contributed by atoms with Crippen molar-refractivity contribution in [1.82, 2.24) is 24.6 Å². The maximum absolute atomic E-state index is 13.5. The molecule has 4 heterocycles. The summed E-state index contributed by atoms with van der Waals surface area (Å²) in [6, 6.07) is 10.9. The van der Waals surface area contributed by atoms with Gasteiger partial charge in [0.2, 0.25) is 5.91 Å². The Morgan fingerprint density at radius 1 is 1.21 bits per heavy atom. The second-order valence-corrected chi connectivity index (χ2v) is 9.38. The molecule has 2 fully saturated rings. The number of rotatable bonds is 5. The van der Waals surface area contributed by atoms with Gasteiger partial charge >= 0.3 is 0 Å². The first-order valence-electron chi connectivity index (χ1n) is 11.9. The van der Waals surface area contributed by atoms with Gasteiger partial charge in [0.15, 0.2) is 0 Å². The molecule has 2 aromatic heterocycles. The number of likely N-dealkylation sites (tertiary alicyclic amines) is 2. The largest absolute Gasteiger partial charge is 0.323 e. The summed E-state index contributed by atoms with van der Waals surface area (Å²) < 4.78 is 15.3. The van der Waals surface area contributed by atoms with Gasteiger partial charge in [-0.05, 0) is 74.2 Å². The van der Waals surface area contributed by atoms with Gasteiger partial charge in [0.1, 0.15) is 5.82 Å². The number of halogens is 1. The van der Waals surface area contributed by atoms with Crippen LogP contribution in [-0.4, -0.2) is 55.8 Å². The maximum Gasteiger partial charge on any atom is 0.247 e. The highest BCUT2D eigenvalue weighted by molar-refractivity contribution is 5.87. The third-order valence-corrected chi connectivity index (χ3v) is 7.19. The molecule has 6 nitrogen and oxygen atoms in total. The molecule has 2 aliphatic rings. The Morgan fingerprint density at radius 3 is 2.71 bits per heavy atom. The van der Waals surface area contributed by atoms with Crippen molar-refractivity contribution in [2.75, 3.05) is 13.1 Å². The summed E-state index contributed by atoms with van der Waals surface area (Å²) in [6.07, 6.45) is 8.45.